The summed E-state index contributed by atoms with van der Waals surface area (Å²) in [4.78, 5) is 6.37. The predicted molar refractivity (Wildman–Crippen MR) is 99.3 cm³/mol. The van der Waals surface area contributed by atoms with Gasteiger partial charge in [0.2, 0.25) is 0 Å². The van der Waals surface area contributed by atoms with Gasteiger partial charge in [-0.05, 0) is 12.1 Å². The lowest BCUT2D eigenvalue weighted by molar-refractivity contribution is -0.0810. The highest BCUT2D eigenvalue weighted by Crippen LogP contribution is 2.36. The van der Waals surface area contributed by atoms with E-state index >= 15 is 0 Å². The Morgan fingerprint density at radius 2 is 1.96 bits per heavy atom. The lowest BCUT2D eigenvalue weighted by atomic mass is 10.1. The van der Waals surface area contributed by atoms with Gasteiger partial charge in [-0.25, -0.2) is 4.99 Å². The van der Waals surface area contributed by atoms with Gasteiger partial charge < -0.3 is 33.9 Å². The summed E-state index contributed by atoms with van der Waals surface area (Å²) in [6.07, 6.45) is 0.474. The van der Waals surface area contributed by atoms with Crippen molar-refractivity contribution in [2.75, 3.05) is 33.3 Å². The first-order chi connectivity index (χ1) is 13.2. The second-order valence-electron chi connectivity index (χ2n) is 6.42. The van der Waals surface area contributed by atoms with Crippen LogP contribution < -0.4 is 10.1 Å². The molecular weight excluding hydrogens is 350 g/mol. The normalized spacial score (nSPS) is 29.3. The smallest absolute Gasteiger partial charge is 0.186 e. The fourth-order valence-corrected chi connectivity index (χ4v) is 3.56. The molecule has 4 atom stereocenters. The third kappa shape index (κ3) is 3.10. The summed E-state index contributed by atoms with van der Waals surface area (Å²) in [6, 6.07) is 7.68. The molecule has 0 aliphatic carbocycles. The first-order valence-corrected chi connectivity index (χ1v) is 8.68. The molecule has 0 spiro atoms. The van der Waals surface area contributed by atoms with Gasteiger partial charge in [-0.1, -0.05) is 18.7 Å². The second-order valence-corrected chi connectivity index (χ2v) is 6.42. The number of hydrogen-bond donors (Lipinski definition) is 1. The Morgan fingerprint density at radius 3 is 2.70 bits per heavy atom. The van der Waals surface area contributed by atoms with Gasteiger partial charge in [-0.2, -0.15) is 0 Å². The quantitative estimate of drug-likeness (QED) is 0.845. The van der Waals surface area contributed by atoms with Crippen molar-refractivity contribution < 1.29 is 23.7 Å². The van der Waals surface area contributed by atoms with Gasteiger partial charge >= 0.3 is 0 Å². The van der Waals surface area contributed by atoms with Crippen LogP contribution in [0.1, 0.15) is 0 Å². The van der Waals surface area contributed by atoms with Crippen LogP contribution in [-0.2, 0) is 18.9 Å². The van der Waals surface area contributed by atoms with E-state index in [4.69, 9.17) is 23.7 Å². The summed E-state index contributed by atoms with van der Waals surface area (Å²) in [5.41, 5.74) is 0.862. The fraction of sp³-hybridized carbons (Fsp3) is 0.421. The van der Waals surface area contributed by atoms with Gasteiger partial charge in [0.1, 0.15) is 24.1 Å². The van der Waals surface area contributed by atoms with Gasteiger partial charge in [0, 0.05) is 21.3 Å². The van der Waals surface area contributed by atoms with Crippen LogP contribution in [0.25, 0.3) is 0 Å². The molecule has 144 valence electrons. The van der Waals surface area contributed by atoms with Crippen molar-refractivity contribution in [3.8, 4) is 5.75 Å². The third-order valence-electron chi connectivity index (χ3n) is 4.82. The molecule has 0 bridgehead atoms. The zero-order valence-corrected chi connectivity index (χ0v) is 15.5. The molecule has 1 N–H and O–H groups in total. The summed E-state index contributed by atoms with van der Waals surface area (Å²) in [6.45, 7) is 4.46. The van der Waals surface area contributed by atoms with Crippen LogP contribution in [0.5, 0.6) is 5.75 Å². The van der Waals surface area contributed by atoms with Crippen LogP contribution in [0.2, 0.25) is 0 Å². The molecule has 0 aromatic heterocycles. The van der Waals surface area contributed by atoms with Crippen molar-refractivity contribution in [1.29, 1.82) is 0 Å². The molecule has 27 heavy (non-hydrogen) atoms. The highest BCUT2D eigenvalue weighted by Gasteiger charge is 2.49. The maximum atomic E-state index is 6.17. The Balaban J connectivity index is 1.62. The molecule has 1 saturated heterocycles. The number of hydrogen-bond acceptors (Lipinski definition) is 8. The number of para-hydroxylation sites is 2. The summed E-state index contributed by atoms with van der Waals surface area (Å²) < 4.78 is 28.7. The molecule has 0 amide bonds. The highest BCUT2D eigenvalue weighted by molar-refractivity contribution is 6.10. The van der Waals surface area contributed by atoms with E-state index < -0.39 is 6.23 Å². The number of fused-ring (bicyclic) bond motifs is 2. The van der Waals surface area contributed by atoms with Crippen LogP contribution in [0, 0.1) is 0 Å². The van der Waals surface area contributed by atoms with Crippen molar-refractivity contribution >= 4 is 11.5 Å². The minimum atomic E-state index is -0.467. The zero-order chi connectivity index (χ0) is 19.0. The number of methoxy groups -OCH3 is 3. The maximum Gasteiger partial charge on any atom is 0.186 e. The molecule has 0 saturated carbocycles. The Hall–Kier alpha value is -2.39. The van der Waals surface area contributed by atoms with E-state index in [1.165, 1.54) is 0 Å². The second kappa shape index (κ2) is 7.32. The summed E-state index contributed by atoms with van der Waals surface area (Å²) in [7, 11) is 4.89. The molecule has 1 unspecified atom stereocenters. The van der Waals surface area contributed by atoms with Crippen molar-refractivity contribution in [2.45, 2.75) is 24.5 Å². The first kappa shape index (κ1) is 18.0. The van der Waals surface area contributed by atoms with Crippen molar-refractivity contribution in [3.63, 3.8) is 0 Å². The molecule has 8 heteroatoms. The number of rotatable bonds is 5. The Kier molecular flexibility index (Phi) is 4.88. The first-order valence-electron chi connectivity index (χ1n) is 8.68. The van der Waals surface area contributed by atoms with Crippen LogP contribution in [0.4, 0.5) is 5.69 Å². The molecule has 8 nitrogen and oxygen atoms in total. The molecular formula is C19H23N3O5. The van der Waals surface area contributed by atoms with E-state index in [0.717, 1.165) is 11.4 Å². The van der Waals surface area contributed by atoms with E-state index in [1.807, 2.05) is 35.4 Å². The lowest BCUT2D eigenvalue weighted by Gasteiger charge is -2.35. The van der Waals surface area contributed by atoms with Crippen molar-refractivity contribution in [1.82, 2.24) is 4.90 Å². The SMILES string of the molecule is C=C1N=C2Nc3ccccc3OC2=CN1[C@@H]1O[C@H](COC)C(OC)[C@@H]1OC. The molecule has 3 heterocycles. The molecule has 4 rings (SSSR count). The van der Waals surface area contributed by atoms with E-state index in [1.54, 1.807) is 21.3 Å². The summed E-state index contributed by atoms with van der Waals surface area (Å²) in [5.74, 6) is 2.45. The summed E-state index contributed by atoms with van der Waals surface area (Å²) in [5, 5.41) is 3.27. The maximum absolute atomic E-state index is 6.17. The van der Waals surface area contributed by atoms with Crippen LogP contribution >= 0.6 is 0 Å². The van der Waals surface area contributed by atoms with E-state index in [9.17, 15) is 0 Å². The standard InChI is InChI=1S/C19H23N3O5/c1-11-20-18-14(26-13-8-6-5-7-12(13)21-18)9-22(11)19-17(25-4)16(24-3)15(27-19)10-23-2/h5-9,15-17,19H,1,10H2,2-4H3,(H,20,21)/t15-,16?,17+,19-/m1/s1. The van der Waals surface area contributed by atoms with Gasteiger partial charge in [0.15, 0.2) is 23.6 Å². The molecule has 1 aromatic rings. The van der Waals surface area contributed by atoms with Gasteiger partial charge in [0.05, 0.1) is 18.5 Å². The average molecular weight is 373 g/mol. The van der Waals surface area contributed by atoms with Crippen LogP contribution in [0.3, 0.4) is 0 Å². The zero-order valence-electron chi connectivity index (χ0n) is 15.5. The third-order valence-corrected chi connectivity index (χ3v) is 4.82. The van der Waals surface area contributed by atoms with E-state index in [-0.39, 0.29) is 18.3 Å². The average Bonchev–Trinajstić information content (AvgIpc) is 3.03. The minimum Gasteiger partial charge on any atom is -0.450 e. The van der Waals surface area contributed by atoms with Crippen LogP contribution in [-0.4, -0.2) is 63.2 Å². The Labute approximate surface area is 158 Å². The monoisotopic (exact) mass is 373 g/mol. The Morgan fingerprint density at radius 1 is 1.19 bits per heavy atom. The lowest BCUT2D eigenvalue weighted by Crippen LogP contribution is -2.45. The number of anilines is 1. The van der Waals surface area contributed by atoms with Gasteiger partial charge in [-0.15, -0.1) is 0 Å². The number of nitrogens with one attached hydrogen (secondary N) is 1. The van der Waals surface area contributed by atoms with Crippen molar-refractivity contribution in [2.24, 2.45) is 4.99 Å². The number of benzene rings is 1. The van der Waals surface area contributed by atoms with Crippen LogP contribution in [0.15, 0.2) is 53.6 Å². The minimum absolute atomic E-state index is 0.266. The van der Waals surface area contributed by atoms with E-state index in [2.05, 4.69) is 16.9 Å². The van der Waals surface area contributed by atoms with Gasteiger partial charge in [-0.3, -0.25) is 0 Å². The topological polar surface area (TPSA) is 73.8 Å². The fourth-order valence-electron chi connectivity index (χ4n) is 3.56. The molecule has 3 aliphatic rings. The molecule has 0 radical (unpaired) electrons. The number of amidine groups is 1. The molecule has 3 aliphatic heterocycles. The molecule has 1 aromatic carbocycles. The Bertz CT molecular complexity index is 793. The number of ether oxygens (including phenoxy) is 5. The molecule has 1 fully saturated rings. The number of nitrogens with zero attached hydrogens (tertiary/aromatic N) is 2. The highest BCUT2D eigenvalue weighted by atomic mass is 16.6. The van der Waals surface area contributed by atoms with E-state index in [0.29, 0.717) is 24.0 Å². The van der Waals surface area contributed by atoms with Crippen molar-refractivity contribution in [3.05, 3.63) is 48.6 Å². The largest absolute Gasteiger partial charge is 0.450 e. The van der Waals surface area contributed by atoms with Gasteiger partial charge in [0.25, 0.3) is 0 Å². The number of aliphatic imine (C=N–C) groups is 1. The predicted octanol–water partition coefficient (Wildman–Crippen LogP) is 1.92. The summed E-state index contributed by atoms with van der Waals surface area (Å²) >= 11 is 0.